The summed E-state index contributed by atoms with van der Waals surface area (Å²) >= 11 is 1.93. The molecule has 15 heavy (non-hydrogen) atoms. The standard InChI is InChI=1S/C8H8ClIO4S/c1-13-5-3-4-6(15(9,11)12)8(14-2)7(5)10/h3-4H,1-2H3. The van der Waals surface area contributed by atoms with Gasteiger partial charge < -0.3 is 9.47 Å². The van der Waals surface area contributed by atoms with Crippen LogP contribution in [-0.4, -0.2) is 22.6 Å². The van der Waals surface area contributed by atoms with E-state index in [0.717, 1.165) is 0 Å². The summed E-state index contributed by atoms with van der Waals surface area (Å²) in [5, 5.41) is 0. The van der Waals surface area contributed by atoms with Crippen molar-refractivity contribution in [1.29, 1.82) is 0 Å². The SMILES string of the molecule is COc1ccc(S(=O)(=O)Cl)c(OC)c1I. The molecule has 0 saturated heterocycles. The van der Waals surface area contributed by atoms with Gasteiger partial charge in [0.1, 0.15) is 10.6 Å². The number of ether oxygens (including phenoxy) is 2. The average Bonchev–Trinajstić information content (AvgIpc) is 2.15. The molecule has 0 saturated carbocycles. The van der Waals surface area contributed by atoms with E-state index in [1.807, 2.05) is 22.6 Å². The predicted molar refractivity (Wildman–Crippen MR) is 65.3 cm³/mol. The first-order valence-corrected chi connectivity index (χ1v) is 7.15. The molecule has 0 radical (unpaired) electrons. The quantitative estimate of drug-likeness (QED) is 0.611. The Bertz CT molecular complexity index is 472. The van der Waals surface area contributed by atoms with Crippen LogP contribution in [0.15, 0.2) is 17.0 Å². The Morgan fingerprint density at radius 1 is 1.27 bits per heavy atom. The maximum Gasteiger partial charge on any atom is 0.265 e. The van der Waals surface area contributed by atoms with E-state index in [9.17, 15) is 8.42 Å². The van der Waals surface area contributed by atoms with Crippen molar-refractivity contribution in [3.63, 3.8) is 0 Å². The maximum atomic E-state index is 11.2. The van der Waals surface area contributed by atoms with Gasteiger partial charge >= 0.3 is 0 Å². The molecule has 1 rings (SSSR count). The summed E-state index contributed by atoms with van der Waals surface area (Å²) in [6.07, 6.45) is 0. The van der Waals surface area contributed by atoms with Crippen LogP contribution in [0.4, 0.5) is 0 Å². The third-order valence-electron chi connectivity index (χ3n) is 1.71. The fraction of sp³-hybridized carbons (Fsp3) is 0.250. The van der Waals surface area contributed by atoms with E-state index in [1.54, 1.807) is 0 Å². The third-order valence-corrected chi connectivity index (χ3v) is 4.08. The van der Waals surface area contributed by atoms with Crippen molar-refractivity contribution in [2.45, 2.75) is 4.90 Å². The molecule has 0 aliphatic carbocycles. The van der Waals surface area contributed by atoms with Gasteiger partial charge in [0.15, 0.2) is 5.75 Å². The van der Waals surface area contributed by atoms with E-state index in [1.165, 1.54) is 26.4 Å². The van der Waals surface area contributed by atoms with E-state index in [4.69, 9.17) is 20.2 Å². The summed E-state index contributed by atoms with van der Waals surface area (Å²) in [6, 6.07) is 2.88. The molecule has 0 aromatic heterocycles. The third kappa shape index (κ3) is 2.67. The first-order valence-electron chi connectivity index (χ1n) is 3.77. The minimum atomic E-state index is -3.81. The Kier molecular flexibility index (Phi) is 4.07. The first-order chi connectivity index (χ1) is 6.91. The summed E-state index contributed by atoms with van der Waals surface area (Å²) in [4.78, 5) is -0.0585. The van der Waals surface area contributed by atoms with Crippen molar-refractivity contribution in [2.75, 3.05) is 14.2 Å². The highest BCUT2D eigenvalue weighted by Gasteiger charge is 2.21. The lowest BCUT2D eigenvalue weighted by Crippen LogP contribution is -2.00. The minimum Gasteiger partial charge on any atom is -0.496 e. The predicted octanol–water partition coefficient (Wildman–Crippen LogP) is 2.24. The van der Waals surface area contributed by atoms with Crippen LogP contribution in [0.3, 0.4) is 0 Å². The molecular formula is C8H8ClIO4S. The van der Waals surface area contributed by atoms with Gasteiger partial charge in [0.2, 0.25) is 0 Å². The van der Waals surface area contributed by atoms with E-state index in [0.29, 0.717) is 9.32 Å². The molecule has 0 amide bonds. The summed E-state index contributed by atoms with van der Waals surface area (Å²) in [5.74, 6) is 0.737. The van der Waals surface area contributed by atoms with Crippen LogP contribution in [0.2, 0.25) is 0 Å². The molecule has 1 aromatic carbocycles. The lowest BCUT2D eigenvalue weighted by Gasteiger charge is -2.10. The molecule has 0 atom stereocenters. The van der Waals surface area contributed by atoms with Crippen LogP contribution in [-0.2, 0) is 9.05 Å². The molecule has 0 fully saturated rings. The minimum absolute atomic E-state index is 0.0585. The second kappa shape index (κ2) is 4.75. The second-order valence-corrected chi connectivity index (χ2v) is 6.16. The van der Waals surface area contributed by atoms with Crippen molar-refractivity contribution < 1.29 is 17.9 Å². The topological polar surface area (TPSA) is 52.6 Å². The van der Waals surface area contributed by atoms with Crippen LogP contribution in [0.1, 0.15) is 0 Å². The van der Waals surface area contributed by atoms with Crippen molar-refractivity contribution >= 4 is 42.3 Å². The zero-order chi connectivity index (χ0) is 11.6. The monoisotopic (exact) mass is 362 g/mol. The fourth-order valence-electron chi connectivity index (χ4n) is 1.06. The smallest absolute Gasteiger partial charge is 0.265 e. The molecule has 0 aliphatic heterocycles. The van der Waals surface area contributed by atoms with Crippen LogP contribution in [0.25, 0.3) is 0 Å². The Labute approximate surface area is 106 Å². The van der Waals surface area contributed by atoms with Gasteiger partial charge in [0.25, 0.3) is 9.05 Å². The molecule has 4 nitrogen and oxygen atoms in total. The summed E-state index contributed by atoms with van der Waals surface area (Å²) in [7, 11) is 4.32. The molecule has 0 heterocycles. The van der Waals surface area contributed by atoms with Crippen LogP contribution in [0, 0.1) is 3.57 Å². The number of methoxy groups -OCH3 is 2. The van der Waals surface area contributed by atoms with Crippen LogP contribution < -0.4 is 9.47 Å². The van der Waals surface area contributed by atoms with Gasteiger partial charge in [-0.25, -0.2) is 8.42 Å². The van der Waals surface area contributed by atoms with E-state index >= 15 is 0 Å². The molecule has 84 valence electrons. The van der Waals surface area contributed by atoms with Crippen molar-refractivity contribution in [3.8, 4) is 11.5 Å². The number of hydrogen-bond donors (Lipinski definition) is 0. The van der Waals surface area contributed by atoms with E-state index in [-0.39, 0.29) is 10.6 Å². The van der Waals surface area contributed by atoms with Gasteiger partial charge in [0.05, 0.1) is 17.8 Å². The summed E-state index contributed by atoms with van der Waals surface area (Å²) in [6.45, 7) is 0. The first kappa shape index (κ1) is 12.9. The number of benzene rings is 1. The lowest BCUT2D eigenvalue weighted by molar-refractivity contribution is 0.381. The average molecular weight is 363 g/mol. The molecule has 7 heteroatoms. The number of rotatable bonds is 3. The number of hydrogen-bond acceptors (Lipinski definition) is 4. The summed E-state index contributed by atoms with van der Waals surface area (Å²) < 4.78 is 33.0. The van der Waals surface area contributed by atoms with E-state index < -0.39 is 9.05 Å². The molecular weight excluding hydrogens is 355 g/mol. The largest absolute Gasteiger partial charge is 0.496 e. The number of halogens is 2. The molecule has 0 bridgehead atoms. The zero-order valence-corrected chi connectivity index (χ0v) is 11.7. The van der Waals surface area contributed by atoms with Gasteiger partial charge in [-0.05, 0) is 34.7 Å². The van der Waals surface area contributed by atoms with Gasteiger partial charge in [-0.2, -0.15) is 0 Å². The van der Waals surface area contributed by atoms with E-state index in [2.05, 4.69) is 0 Å². The normalized spacial score (nSPS) is 11.2. The molecule has 0 unspecified atom stereocenters. The van der Waals surface area contributed by atoms with Crippen LogP contribution in [0.5, 0.6) is 11.5 Å². The highest BCUT2D eigenvalue weighted by Crippen LogP contribution is 2.37. The highest BCUT2D eigenvalue weighted by molar-refractivity contribution is 14.1. The fourth-order valence-corrected chi connectivity index (χ4v) is 3.16. The Balaban J connectivity index is 3.52. The van der Waals surface area contributed by atoms with Gasteiger partial charge in [-0.1, -0.05) is 0 Å². The Hall–Kier alpha value is -0.210. The Morgan fingerprint density at radius 3 is 2.27 bits per heavy atom. The van der Waals surface area contributed by atoms with Gasteiger partial charge in [-0.15, -0.1) is 0 Å². The molecule has 0 aliphatic rings. The molecule has 0 N–H and O–H groups in total. The van der Waals surface area contributed by atoms with Crippen molar-refractivity contribution in [2.24, 2.45) is 0 Å². The maximum absolute atomic E-state index is 11.2. The lowest BCUT2D eigenvalue weighted by atomic mass is 10.3. The summed E-state index contributed by atoms with van der Waals surface area (Å²) in [5.41, 5.74) is 0. The molecule has 1 aromatic rings. The van der Waals surface area contributed by atoms with Gasteiger partial charge in [-0.3, -0.25) is 0 Å². The zero-order valence-electron chi connectivity index (χ0n) is 7.95. The highest BCUT2D eigenvalue weighted by atomic mass is 127. The Morgan fingerprint density at radius 2 is 1.87 bits per heavy atom. The van der Waals surface area contributed by atoms with Crippen LogP contribution >= 0.6 is 33.3 Å². The second-order valence-electron chi connectivity index (χ2n) is 2.55. The van der Waals surface area contributed by atoms with Crippen molar-refractivity contribution in [1.82, 2.24) is 0 Å². The van der Waals surface area contributed by atoms with Gasteiger partial charge in [0, 0.05) is 10.7 Å². The molecule has 0 spiro atoms. The van der Waals surface area contributed by atoms with Crippen molar-refractivity contribution in [3.05, 3.63) is 15.7 Å².